The van der Waals surface area contributed by atoms with Crippen molar-refractivity contribution in [1.29, 1.82) is 0 Å². The maximum absolute atomic E-state index is 11.9. The molecular formula is C17H14Cl2O5. The highest BCUT2D eigenvalue weighted by atomic mass is 35.5. The molecule has 7 heteroatoms. The summed E-state index contributed by atoms with van der Waals surface area (Å²) in [6, 6.07) is 9.19. The molecule has 0 aromatic heterocycles. The zero-order valence-corrected chi connectivity index (χ0v) is 14.5. The van der Waals surface area contributed by atoms with Crippen molar-refractivity contribution in [2.45, 2.75) is 6.92 Å². The van der Waals surface area contributed by atoms with Crippen LogP contribution in [0.1, 0.15) is 17.3 Å². The van der Waals surface area contributed by atoms with Gasteiger partial charge in [0.15, 0.2) is 23.9 Å². The molecule has 0 radical (unpaired) electrons. The Morgan fingerprint density at radius 2 is 1.71 bits per heavy atom. The van der Waals surface area contributed by atoms with Gasteiger partial charge in [0.2, 0.25) is 0 Å². The van der Waals surface area contributed by atoms with Crippen LogP contribution in [0.4, 0.5) is 0 Å². The zero-order valence-electron chi connectivity index (χ0n) is 13.0. The fourth-order valence-corrected chi connectivity index (χ4v) is 2.30. The molecular weight excluding hydrogens is 355 g/mol. The first-order chi connectivity index (χ1) is 11.4. The van der Waals surface area contributed by atoms with E-state index in [0.717, 1.165) is 0 Å². The molecule has 0 fully saturated rings. The van der Waals surface area contributed by atoms with Gasteiger partial charge in [0, 0.05) is 10.6 Å². The van der Waals surface area contributed by atoms with E-state index in [0.29, 0.717) is 22.1 Å². The van der Waals surface area contributed by atoms with Crippen LogP contribution in [-0.2, 0) is 4.79 Å². The molecule has 0 saturated heterocycles. The second kappa shape index (κ2) is 8.04. The van der Waals surface area contributed by atoms with Crippen molar-refractivity contribution in [3.63, 3.8) is 0 Å². The molecule has 0 amide bonds. The number of Topliss-reactive ketones (excluding diaryl/α,β-unsaturated/α-hetero) is 1. The number of hydrogen-bond acceptors (Lipinski definition) is 5. The lowest BCUT2D eigenvalue weighted by Gasteiger charge is -2.11. The predicted molar refractivity (Wildman–Crippen MR) is 90.6 cm³/mol. The van der Waals surface area contributed by atoms with E-state index in [9.17, 15) is 9.59 Å². The van der Waals surface area contributed by atoms with Crippen molar-refractivity contribution >= 4 is 35.0 Å². The summed E-state index contributed by atoms with van der Waals surface area (Å²) in [5.74, 6) is 0.115. The minimum absolute atomic E-state index is 0.100. The quantitative estimate of drug-likeness (QED) is 0.434. The van der Waals surface area contributed by atoms with Crippen LogP contribution in [0.5, 0.6) is 17.2 Å². The Morgan fingerprint density at radius 1 is 1.00 bits per heavy atom. The lowest BCUT2D eigenvalue weighted by molar-refractivity contribution is -0.136. The first-order valence-electron chi connectivity index (χ1n) is 6.88. The molecule has 24 heavy (non-hydrogen) atoms. The molecule has 0 unspecified atom stereocenters. The maximum Gasteiger partial charge on any atom is 0.349 e. The Balaban J connectivity index is 2.02. The number of hydrogen-bond donors (Lipinski definition) is 0. The van der Waals surface area contributed by atoms with E-state index in [2.05, 4.69) is 0 Å². The summed E-state index contributed by atoms with van der Waals surface area (Å²) in [6.07, 6.45) is 0. The Hall–Kier alpha value is -2.24. The molecule has 126 valence electrons. The number of methoxy groups -OCH3 is 1. The number of benzene rings is 2. The summed E-state index contributed by atoms with van der Waals surface area (Å²) in [5, 5.41) is 0.658. The molecule has 0 aliphatic heterocycles. The summed E-state index contributed by atoms with van der Waals surface area (Å²) >= 11 is 11.7. The van der Waals surface area contributed by atoms with Gasteiger partial charge in [-0.15, -0.1) is 0 Å². The van der Waals surface area contributed by atoms with E-state index < -0.39 is 5.97 Å². The van der Waals surface area contributed by atoms with Crippen LogP contribution in [0, 0.1) is 0 Å². The minimum atomic E-state index is -0.642. The summed E-state index contributed by atoms with van der Waals surface area (Å²) < 4.78 is 15.6. The van der Waals surface area contributed by atoms with Crippen molar-refractivity contribution < 1.29 is 23.8 Å². The predicted octanol–water partition coefficient (Wildman–Crippen LogP) is 4.19. The Bertz CT molecular complexity index is 774. The van der Waals surface area contributed by atoms with Gasteiger partial charge in [0.05, 0.1) is 12.1 Å². The second-order valence-electron chi connectivity index (χ2n) is 4.76. The molecule has 0 saturated carbocycles. The number of rotatable bonds is 6. The smallest absolute Gasteiger partial charge is 0.349 e. The standard InChI is InChI=1S/C17H14Cl2O5/c1-10(20)11-3-5-15(16(7-11)22-2)23-9-17(21)24-14-6-4-12(18)8-13(14)19/h3-8H,9H2,1-2H3. The van der Waals surface area contributed by atoms with Crippen molar-refractivity contribution in [3.8, 4) is 17.2 Å². The Labute approximate surface area is 149 Å². The molecule has 0 aliphatic carbocycles. The molecule has 0 N–H and O–H groups in total. The van der Waals surface area contributed by atoms with E-state index in [1.165, 1.54) is 26.2 Å². The van der Waals surface area contributed by atoms with Crippen molar-refractivity contribution in [1.82, 2.24) is 0 Å². The highest BCUT2D eigenvalue weighted by Crippen LogP contribution is 2.29. The van der Waals surface area contributed by atoms with Crippen LogP contribution in [0.25, 0.3) is 0 Å². The van der Waals surface area contributed by atoms with Crippen LogP contribution in [0.3, 0.4) is 0 Å². The monoisotopic (exact) mass is 368 g/mol. The molecule has 2 rings (SSSR count). The molecule has 2 aromatic carbocycles. The first kappa shape index (κ1) is 18.1. The van der Waals surface area contributed by atoms with Gasteiger partial charge < -0.3 is 14.2 Å². The van der Waals surface area contributed by atoms with Crippen LogP contribution < -0.4 is 14.2 Å². The van der Waals surface area contributed by atoms with Crippen LogP contribution in [0.15, 0.2) is 36.4 Å². The summed E-state index contributed by atoms with van der Waals surface area (Å²) in [6.45, 7) is 1.09. The maximum atomic E-state index is 11.9. The normalized spacial score (nSPS) is 10.2. The largest absolute Gasteiger partial charge is 0.493 e. The zero-order chi connectivity index (χ0) is 17.7. The number of ether oxygens (including phenoxy) is 3. The molecule has 0 bridgehead atoms. The third-order valence-corrected chi connectivity index (χ3v) is 3.56. The number of carbonyl (C=O) groups is 2. The topological polar surface area (TPSA) is 61.8 Å². The highest BCUT2D eigenvalue weighted by molar-refractivity contribution is 6.35. The van der Waals surface area contributed by atoms with E-state index in [1.54, 1.807) is 24.3 Å². The van der Waals surface area contributed by atoms with Crippen LogP contribution in [0.2, 0.25) is 10.0 Å². The van der Waals surface area contributed by atoms with Crippen LogP contribution in [-0.4, -0.2) is 25.5 Å². The Morgan fingerprint density at radius 3 is 2.33 bits per heavy atom. The lowest BCUT2D eigenvalue weighted by atomic mass is 10.1. The van der Waals surface area contributed by atoms with E-state index >= 15 is 0 Å². The third kappa shape index (κ3) is 4.63. The lowest BCUT2D eigenvalue weighted by Crippen LogP contribution is -2.18. The SMILES string of the molecule is COc1cc(C(C)=O)ccc1OCC(=O)Oc1ccc(Cl)cc1Cl. The molecule has 0 spiro atoms. The molecule has 0 heterocycles. The second-order valence-corrected chi connectivity index (χ2v) is 5.60. The molecule has 2 aromatic rings. The summed E-state index contributed by atoms with van der Waals surface area (Å²) in [7, 11) is 1.44. The first-order valence-corrected chi connectivity index (χ1v) is 7.64. The van der Waals surface area contributed by atoms with Gasteiger partial charge in [-0.1, -0.05) is 23.2 Å². The van der Waals surface area contributed by atoms with Crippen molar-refractivity contribution in [2.75, 3.05) is 13.7 Å². The number of ketones is 1. The van der Waals surface area contributed by atoms with Gasteiger partial charge in [-0.2, -0.15) is 0 Å². The van der Waals surface area contributed by atoms with Gasteiger partial charge >= 0.3 is 5.97 Å². The molecule has 0 atom stereocenters. The van der Waals surface area contributed by atoms with Gasteiger partial charge in [0.1, 0.15) is 5.75 Å². The fraction of sp³-hybridized carbons (Fsp3) is 0.176. The van der Waals surface area contributed by atoms with Crippen molar-refractivity contribution in [2.24, 2.45) is 0 Å². The number of halogens is 2. The van der Waals surface area contributed by atoms with Gasteiger partial charge in [-0.3, -0.25) is 4.79 Å². The summed E-state index contributed by atoms with van der Waals surface area (Å²) in [4.78, 5) is 23.2. The average Bonchev–Trinajstić information content (AvgIpc) is 2.55. The summed E-state index contributed by atoms with van der Waals surface area (Å²) in [5.41, 5.74) is 0.481. The van der Waals surface area contributed by atoms with Gasteiger partial charge in [-0.25, -0.2) is 4.79 Å². The average molecular weight is 369 g/mol. The minimum Gasteiger partial charge on any atom is -0.493 e. The third-order valence-electron chi connectivity index (χ3n) is 3.03. The van der Waals surface area contributed by atoms with E-state index in [4.69, 9.17) is 37.4 Å². The highest BCUT2D eigenvalue weighted by Gasteiger charge is 2.13. The number of esters is 1. The Kier molecular flexibility index (Phi) is 6.06. The van der Waals surface area contributed by atoms with Crippen molar-refractivity contribution in [3.05, 3.63) is 52.0 Å². The van der Waals surface area contributed by atoms with Gasteiger partial charge in [0.25, 0.3) is 0 Å². The number of carbonyl (C=O) groups excluding carboxylic acids is 2. The fourth-order valence-electron chi connectivity index (χ4n) is 1.85. The van der Waals surface area contributed by atoms with E-state index in [-0.39, 0.29) is 23.2 Å². The van der Waals surface area contributed by atoms with Crippen LogP contribution >= 0.6 is 23.2 Å². The molecule has 5 nitrogen and oxygen atoms in total. The van der Waals surface area contributed by atoms with E-state index in [1.807, 2.05) is 0 Å². The molecule has 0 aliphatic rings. The van der Waals surface area contributed by atoms with Gasteiger partial charge in [-0.05, 0) is 43.3 Å².